The third kappa shape index (κ3) is 3.74. The Morgan fingerprint density at radius 2 is 2.00 bits per heavy atom. The molecule has 0 bridgehead atoms. The molecular formula is C15H21N3OS2. The number of carbonyl (C=O) groups is 1. The second-order valence-electron chi connectivity index (χ2n) is 6.14. The van der Waals surface area contributed by atoms with Crippen LogP contribution in [0.1, 0.15) is 38.1 Å². The summed E-state index contributed by atoms with van der Waals surface area (Å²) in [5.41, 5.74) is 0.989. The van der Waals surface area contributed by atoms with Gasteiger partial charge in [-0.1, -0.05) is 11.8 Å². The first kappa shape index (κ1) is 16.2. The number of nitrogens with zero attached hydrogens (tertiary/aromatic N) is 2. The van der Waals surface area contributed by atoms with E-state index in [0.29, 0.717) is 0 Å². The number of fused-ring (bicyclic) bond motifs is 1. The number of nitrogens with one attached hydrogen (secondary N) is 1. The molecule has 4 nitrogen and oxygen atoms in total. The molecule has 114 valence electrons. The normalized spacial score (nSPS) is 13.4. The van der Waals surface area contributed by atoms with E-state index in [1.165, 1.54) is 22.2 Å². The molecule has 2 rings (SSSR count). The Bertz CT molecular complexity index is 673. The van der Waals surface area contributed by atoms with Crippen LogP contribution in [0.5, 0.6) is 0 Å². The summed E-state index contributed by atoms with van der Waals surface area (Å²) in [4.78, 5) is 23.2. The molecule has 2 aromatic heterocycles. The number of aryl methyl sites for hydroxylation is 2. The van der Waals surface area contributed by atoms with Crippen LogP contribution >= 0.6 is 23.1 Å². The topological polar surface area (TPSA) is 54.9 Å². The summed E-state index contributed by atoms with van der Waals surface area (Å²) in [5, 5.41) is 4.78. The third-order valence-corrected chi connectivity index (χ3v) is 5.30. The first-order valence-corrected chi connectivity index (χ1v) is 8.58. The molecule has 2 heterocycles. The molecule has 0 saturated heterocycles. The zero-order chi connectivity index (χ0) is 15.8. The van der Waals surface area contributed by atoms with Crippen LogP contribution in [0.4, 0.5) is 0 Å². The van der Waals surface area contributed by atoms with E-state index in [4.69, 9.17) is 0 Å². The Labute approximate surface area is 133 Å². The van der Waals surface area contributed by atoms with Crippen LogP contribution in [0.25, 0.3) is 10.2 Å². The lowest BCUT2D eigenvalue weighted by molar-refractivity contribution is -0.121. The van der Waals surface area contributed by atoms with Gasteiger partial charge in [0.05, 0.1) is 5.25 Å². The number of amides is 1. The van der Waals surface area contributed by atoms with Crippen molar-refractivity contribution in [1.82, 2.24) is 15.3 Å². The molecule has 0 aliphatic heterocycles. The van der Waals surface area contributed by atoms with Gasteiger partial charge in [-0.15, -0.1) is 11.3 Å². The lowest BCUT2D eigenvalue weighted by Gasteiger charge is -2.23. The summed E-state index contributed by atoms with van der Waals surface area (Å²) in [6.45, 7) is 12.0. The molecule has 1 N–H and O–H groups in total. The van der Waals surface area contributed by atoms with E-state index in [1.54, 1.807) is 17.7 Å². The average molecular weight is 323 g/mol. The highest BCUT2D eigenvalue weighted by Crippen LogP contribution is 2.35. The maximum atomic E-state index is 12.2. The van der Waals surface area contributed by atoms with E-state index in [1.807, 2.05) is 27.7 Å². The van der Waals surface area contributed by atoms with Crippen molar-refractivity contribution in [1.29, 1.82) is 0 Å². The van der Waals surface area contributed by atoms with Crippen LogP contribution < -0.4 is 5.32 Å². The minimum Gasteiger partial charge on any atom is -0.351 e. The van der Waals surface area contributed by atoms with Crippen LogP contribution in [-0.4, -0.2) is 26.7 Å². The highest BCUT2D eigenvalue weighted by Gasteiger charge is 2.22. The van der Waals surface area contributed by atoms with Crippen molar-refractivity contribution >= 4 is 39.2 Å². The summed E-state index contributed by atoms with van der Waals surface area (Å²) in [6, 6.07) is 0. The molecule has 0 radical (unpaired) electrons. The maximum absolute atomic E-state index is 12.2. The van der Waals surface area contributed by atoms with Gasteiger partial charge in [-0.3, -0.25) is 4.79 Å². The fourth-order valence-electron chi connectivity index (χ4n) is 1.93. The van der Waals surface area contributed by atoms with E-state index in [9.17, 15) is 4.79 Å². The number of hydrogen-bond acceptors (Lipinski definition) is 5. The van der Waals surface area contributed by atoms with E-state index in [-0.39, 0.29) is 16.7 Å². The number of aromatic nitrogens is 2. The molecule has 0 aliphatic carbocycles. The Kier molecular flexibility index (Phi) is 4.58. The number of hydrogen-bond donors (Lipinski definition) is 1. The summed E-state index contributed by atoms with van der Waals surface area (Å²) in [6.07, 6.45) is 1.58. The van der Waals surface area contributed by atoms with Crippen molar-refractivity contribution in [3.8, 4) is 0 Å². The molecule has 1 amide bonds. The minimum absolute atomic E-state index is 0.0314. The molecule has 2 aromatic rings. The van der Waals surface area contributed by atoms with Gasteiger partial charge in [0.2, 0.25) is 5.91 Å². The molecule has 0 unspecified atom stereocenters. The molecule has 0 aliphatic rings. The molecule has 0 aromatic carbocycles. The van der Waals surface area contributed by atoms with Crippen molar-refractivity contribution < 1.29 is 4.79 Å². The Hall–Kier alpha value is -1.14. The number of rotatable bonds is 3. The summed E-state index contributed by atoms with van der Waals surface area (Å²) in [7, 11) is 0. The fourth-order valence-corrected chi connectivity index (χ4v) is 3.97. The highest BCUT2D eigenvalue weighted by atomic mass is 32.2. The number of carbonyl (C=O) groups excluding carboxylic acids is 1. The van der Waals surface area contributed by atoms with Crippen LogP contribution in [0.2, 0.25) is 0 Å². The molecular weight excluding hydrogens is 302 g/mol. The third-order valence-electron chi connectivity index (χ3n) is 3.09. The Morgan fingerprint density at radius 1 is 1.33 bits per heavy atom. The van der Waals surface area contributed by atoms with Crippen LogP contribution in [0.3, 0.4) is 0 Å². The van der Waals surface area contributed by atoms with Gasteiger partial charge in [0, 0.05) is 15.8 Å². The number of thioether (sulfide) groups is 1. The second-order valence-corrected chi connectivity index (χ2v) is 8.67. The smallest absolute Gasteiger partial charge is 0.233 e. The highest BCUT2D eigenvalue weighted by molar-refractivity contribution is 8.00. The molecule has 0 spiro atoms. The van der Waals surface area contributed by atoms with Gasteiger partial charge in [0.25, 0.3) is 0 Å². The summed E-state index contributed by atoms with van der Waals surface area (Å²) < 4.78 is 0. The lowest BCUT2D eigenvalue weighted by atomic mass is 10.1. The maximum Gasteiger partial charge on any atom is 0.233 e. The van der Waals surface area contributed by atoms with Crippen molar-refractivity contribution in [3.63, 3.8) is 0 Å². The standard InChI is InChI=1S/C15H21N3OS2/c1-8-9(2)20-13-11(8)14(17-7-16-13)21-10(3)12(19)18-15(4,5)6/h7,10H,1-6H3,(H,18,19)/t10-/m1/s1. The van der Waals surface area contributed by atoms with Gasteiger partial charge in [-0.25, -0.2) is 9.97 Å². The lowest BCUT2D eigenvalue weighted by Crippen LogP contribution is -2.44. The molecule has 0 saturated carbocycles. The second kappa shape index (κ2) is 5.93. The van der Waals surface area contributed by atoms with E-state index in [0.717, 1.165) is 15.2 Å². The predicted molar refractivity (Wildman–Crippen MR) is 90.1 cm³/mol. The quantitative estimate of drug-likeness (QED) is 0.691. The fraction of sp³-hybridized carbons (Fsp3) is 0.533. The SMILES string of the molecule is Cc1sc2ncnc(S[C@H](C)C(=O)NC(C)(C)C)c2c1C. The number of thiophene rings is 1. The van der Waals surface area contributed by atoms with Crippen molar-refractivity contribution in [2.24, 2.45) is 0 Å². The zero-order valence-electron chi connectivity index (χ0n) is 13.3. The Balaban J connectivity index is 2.26. The molecule has 21 heavy (non-hydrogen) atoms. The average Bonchev–Trinajstić information content (AvgIpc) is 2.64. The molecule has 1 atom stereocenters. The first-order valence-electron chi connectivity index (χ1n) is 6.88. The van der Waals surface area contributed by atoms with E-state index >= 15 is 0 Å². The minimum atomic E-state index is -0.220. The van der Waals surface area contributed by atoms with Gasteiger partial charge in [0.15, 0.2) is 0 Å². The van der Waals surface area contributed by atoms with Gasteiger partial charge in [-0.05, 0) is 47.1 Å². The van der Waals surface area contributed by atoms with Gasteiger partial charge < -0.3 is 5.32 Å². The van der Waals surface area contributed by atoms with Crippen LogP contribution in [0.15, 0.2) is 11.4 Å². The van der Waals surface area contributed by atoms with Crippen molar-refractivity contribution in [2.45, 2.75) is 57.4 Å². The Morgan fingerprint density at radius 3 is 2.62 bits per heavy atom. The van der Waals surface area contributed by atoms with Gasteiger partial charge >= 0.3 is 0 Å². The van der Waals surface area contributed by atoms with E-state index in [2.05, 4.69) is 29.1 Å². The van der Waals surface area contributed by atoms with Gasteiger partial charge in [-0.2, -0.15) is 0 Å². The summed E-state index contributed by atoms with van der Waals surface area (Å²) >= 11 is 3.17. The van der Waals surface area contributed by atoms with Crippen LogP contribution in [-0.2, 0) is 4.79 Å². The first-order chi connectivity index (χ1) is 9.69. The zero-order valence-corrected chi connectivity index (χ0v) is 14.9. The largest absolute Gasteiger partial charge is 0.351 e. The van der Waals surface area contributed by atoms with Crippen molar-refractivity contribution in [2.75, 3.05) is 0 Å². The van der Waals surface area contributed by atoms with Crippen molar-refractivity contribution in [3.05, 3.63) is 16.8 Å². The predicted octanol–water partition coefficient (Wildman–Crippen LogP) is 3.70. The van der Waals surface area contributed by atoms with Gasteiger partial charge in [0.1, 0.15) is 16.2 Å². The summed E-state index contributed by atoms with van der Waals surface area (Å²) in [5.74, 6) is 0.0314. The van der Waals surface area contributed by atoms with Crippen LogP contribution in [0, 0.1) is 13.8 Å². The molecule has 6 heteroatoms. The monoisotopic (exact) mass is 323 g/mol. The van der Waals surface area contributed by atoms with E-state index < -0.39 is 0 Å². The molecule has 0 fully saturated rings.